The van der Waals surface area contributed by atoms with Crippen LogP contribution in [0.5, 0.6) is 5.75 Å². The van der Waals surface area contributed by atoms with Crippen LogP contribution in [0, 0.1) is 0 Å². The third kappa shape index (κ3) is 4.67. The number of hydrogen-bond donors (Lipinski definition) is 2. The molecule has 0 bridgehead atoms. The number of carbonyl (C=O) groups is 2. The Labute approximate surface area is 132 Å². The molecule has 1 rings (SSSR count). The molecule has 0 aliphatic carbocycles. The first-order valence-corrected chi connectivity index (χ1v) is 7.16. The predicted octanol–water partition coefficient (Wildman–Crippen LogP) is 3.50. The molecule has 0 radical (unpaired) electrons. The number of alkyl halides is 1. The monoisotopic (exact) mass is 412 g/mol. The van der Waals surface area contributed by atoms with Crippen molar-refractivity contribution in [2.24, 2.45) is 0 Å². The smallest absolute Gasteiger partial charge is 0.325 e. The van der Waals surface area contributed by atoms with Crippen LogP contribution in [-0.2, 0) is 4.79 Å². The second-order valence-electron chi connectivity index (χ2n) is 3.53. The Hall–Kier alpha value is -0.790. The molecule has 0 aliphatic rings. The molecule has 1 aromatic carbocycles. The van der Waals surface area contributed by atoms with Gasteiger partial charge in [0, 0.05) is 10.5 Å². The molecule has 5 nitrogen and oxygen atoms in total. The number of benzene rings is 1. The van der Waals surface area contributed by atoms with Crippen LogP contribution in [0.1, 0.15) is 6.92 Å². The highest BCUT2D eigenvalue weighted by molar-refractivity contribution is 9.11. The minimum Gasteiger partial charge on any atom is -0.495 e. The van der Waals surface area contributed by atoms with Crippen LogP contribution in [-0.4, -0.2) is 24.4 Å². The highest BCUT2D eigenvalue weighted by atomic mass is 79.9. The van der Waals surface area contributed by atoms with Crippen molar-refractivity contribution in [3.05, 3.63) is 21.1 Å². The number of urea groups is 1. The Morgan fingerprint density at radius 3 is 2.47 bits per heavy atom. The maximum absolute atomic E-state index is 11.6. The maximum Gasteiger partial charge on any atom is 0.325 e. The Kier molecular flexibility index (Phi) is 6.09. The van der Waals surface area contributed by atoms with Gasteiger partial charge in [-0.05, 0) is 44.8 Å². The van der Waals surface area contributed by atoms with Crippen molar-refractivity contribution in [3.63, 3.8) is 0 Å². The fourth-order valence-electron chi connectivity index (χ4n) is 1.15. The Morgan fingerprint density at radius 2 is 1.95 bits per heavy atom. The number of imide groups is 1. The van der Waals surface area contributed by atoms with E-state index >= 15 is 0 Å². The molecular weight excluding hydrogens is 403 g/mol. The summed E-state index contributed by atoms with van der Waals surface area (Å²) in [6.45, 7) is 1.47. The summed E-state index contributed by atoms with van der Waals surface area (Å²) in [4.78, 5) is 22.8. The molecule has 3 amide bonds. The number of anilines is 1. The number of nitrogens with one attached hydrogen (secondary N) is 2. The fraction of sp³-hybridized carbons (Fsp3) is 0.273. The lowest BCUT2D eigenvalue weighted by Gasteiger charge is -2.11. The van der Waals surface area contributed by atoms with E-state index in [1.807, 2.05) is 0 Å². The van der Waals surface area contributed by atoms with Crippen LogP contribution >= 0.6 is 43.5 Å². The van der Waals surface area contributed by atoms with Gasteiger partial charge < -0.3 is 10.1 Å². The van der Waals surface area contributed by atoms with Crippen molar-refractivity contribution >= 4 is 61.1 Å². The lowest BCUT2D eigenvalue weighted by atomic mass is 10.3. The topological polar surface area (TPSA) is 67.4 Å². The van der Waals surface area contributed by atoms with Crippen molar-refractivity contribution in [1.29, 1.82) is 0 Å². The Morgan fingerprint density at radius 1 is 1.32 bits per heavy atom. The van der Waals surface area contributed by atoms with Gasteiger partial charge in [-0.2, -0.15) is 0 Å². The van der Waals surface area contributed by atoms with E-state index in [-0.39, 0.29) is 0 Å². The van der Waals surface area contributed by atoms with Crippen LogP contribution in [0.4, 0.5) is 10.5 Å². The second kappa shape index (κ2) is 7.12. The molecule has 104 valence electrons. The number of carbonyl (C=O) groups excluding carboxylic acids is 2. The van der Waals surface area contributed by atoms with Crippen LogP contribution < -0.4 is 15.4 Å². The SMILES string of the molecule is COc1cc(NC(=O)NC(=O)C(C)Cl)c(Br)cc1Br. The minimum atomic E-state index is -0.784. The number of ether oxygens (including phenoxy) is 1. The van der Waals surface area contributed by atoms with Crippen molar-refractivity contribution in [2.75, 3.05) is 12.4 Å². The molecule has 1 aromatic rings. The average molecular weight is 414 g/mol. The summed E-state index contributed by atoms with van der Waals surface area (Å²) in [5, 5.41) is 3.85. The van der Waals surface area contributed by atoms with Crippen molar-refractivity contribution in [1.82, 2.24) is 5.32 Å². The average Bonchev–Trinajstić information content (AvgIpc) is 2.32. The summed E-state index contributed by atoms with van der Waals surface area (Å²) in [5.74, 6) is -0.0186. The lowest BCUT2D eigenvalue weighted by molar-refractivity contribution is -0.119. The Balaban J connectivity index is 2.82. The normalized spacial score (nSPS) is 11.6. The van der Waals surface area contributed by atoms with Crippen molar-refractivity contribution in [3.8, 4) is 5.75 Å². The predicted molar refractivity (Wildman–Crippen MR) is 80.9 cm³/mol. The minimum absolute atomic E-state index is 0.465. The van der Waals surface area contributed by atoms with Gasteiger partial charge in [0.15, 0.2) is 0 Å². The van der Waals surface area contributed by atoms with E-state index in [1.165, 1.54) is 14.0 Å². The first kappa shape index (κ1) is 16.3. The third-order valence-electron chi connectivity index (χ3n) is 2.09. The Bertz CT molecular complexity index is 509. The van der Waals surface area contributed by atoms with Gasteiger partial charge in [0.1, 0.15) is 11.1 Å². The molecule has 0 spiro atoms. The van der Waals surface area contributed by atoms with Gasteiger partial charge in [0.2, 0.25) is 5.91 Å². The third-order valence-corrected chi connectivity index (χ3v) is 3.56. The zero-order valence-electron chi connectivity index (χ0n) is 10.1. The quantitative estimate of drug-likeness (QED) is 0.744. The van der Waals surface area contributed by atoms with E-state index in [9.17, 15) is 9.59 Å². The van der Waals surface area contributed by atoms with Gasteiger partial charge in [0.05, 0.1) is 17.3 Å². The van der Waals surface area contributed by atoms with E-state index in [0.717, 1.165) is 4.47 Å². The number of hydrogen-bond acceptors (Lipinski definition) is 3. The van der Waals surface area contributed by atoms with E-state index in [4.69, 9.17) is 16.3 Å². The molecule has 0 fully saturated rings. The second-order valence-corrected chi connectivity index (χ2v) is 5.89. The molecule has 19 heavy (non-hydrogen) atoms. The summed E-state index contributed by atoms with van der Waals surface area (Å²) in [6.07, 6.45) is 0. The molecule has 1 atom stereocenters. The first-order chi connectivity index (χ1) is 8.85. The molecule has 0 saturated carbocycles. The summed E-state index contributed by atoms with van der Waals surface area (Å²) in [6, 6.07) is 2.67. The number of methoxy groups -OCH3 is 1. The van der Waals surface area contributed by atoms with Gasteiger partial charge in [-0.15, -0.1) is 11.6 Å². The molecule has 0 saturated heterocycles. The number of amides is 3. The van der Waals surface area contributed by atoms with Gasteiger partial charge in [-0.3, -0.25) is 10.1 Å². The fourth-order valence-corrected chi connectivity index (χ4v) is 2.46. The zero-order valence-corrected chi connectivity index (χ0v) is 14.0. The van der Waals surface area contributed by atoms with Crippen LogP contribution in [0.25, 0.3) is 0 Å². The zero-order chi connectivity index (χ0) is 14.6. The van der Waals surface area contributed by atoms with Crippen LogP contribution in [0.3, 0.4) is 0 Å². The van der Waals surface area contributed by atoms with Gasteiger partial charge in [-0.25, -0.2) is 4.79 Å². The van der Waals surface area contributed by atoms with Gasteiger partial charge in [0.25, 0.3) is 0 Å². The standard InChI is InChI=1S/C11H11Br2ClN2O3/c1-5(14)10(17)16-11(18)15-8-4-9(19-2)7(13)3-6(8)12/h3-5H,1-2H3,(H2,15,16,17,18). The van der Waals surface area contributed by atoms with E-state index < -0.39 is 17.3 Å². The first-order valence-electron chi connectivity index (χ1n) is 5.14. The molecule has 0 aliphatic heterocycles. The van der Waals surface area contributed by atoms with Crippen molar-refractivity contribution < 1.29 is 14.3 Å². The van der Waals surface area contributed by atoms with Crippen molar-refractivity contribution in [2.45, 2.75) is 12.3 Å². The lowest BCUT2D eigenvalue weighted by Crippen LogP contribution is -2.38. The van der Waals surface area contributed by atoms with E-state index in [0.29, 0.717) is 15.9 Å². The molecule has 0 aromatic heterocycles. The molecule has 0 heterocycles. The van der Waals surface area contributed by atoms with E-state index in [2.05, 4.69) is 42.5 Å². The summed E-state index contributed by atoms with van der Waals surface area (Å²) < 4.78 is 6.49. The molecule has 8 heteroatoms. The van der Waals surface area contributed by atoms with Gasteiger partial charge >= 0.3 is 6.03 Å². The van der Waals surface area contributed by atoms with Gasteiger partial charge in [-0.1, -0.05) is 0 Å². The van der Waals surface area contributed by atoms with Crippen LogP contribution in [0.15, 0.2) is 21.1 Å². The number of rotatable bonds is 3. The summed E-state index contributed by atoms with van der Waals surface area (Å²) in [5.41, 5.74) is 0.465. The van der Waals surface area contributed by atoms with E-state index in [1.54, 1.807) is 12.1 Å². The van der Waals surface area contributed by atoms with Crippen LogP contribution in [0.2, 0.25) is 0 Å². The highest BCUT2D eigenvalue weighted by Crippen LogP contribution is 2.34. The molecule has 1 unspecified atom stereocenters. The summed E-state index contributed by atoms with van der Waals surface area (Å²) >= 11 is 12.2. The largest absolute Gasteiger partial charge is 0.495 e. The number of halogens is 3. The highest BCUT2D eigenvalue weighted by Gasteiger charge is 2.15. The summed E-state index contributed by atoms with van der Waals surface area (Å²) in [7, 11) is 1.51. The maximum atomic E-state index is 11.6. The molecular formula is C11H11Br2ClN2O3. The molecule has 2 N–H and O–H groups in total.